The second-order valence-corrected chi connectivity index (χ2v) is 8.43. The van der Waals surface area contributed by atoms with Gasteiger partial charge in [-0.05, 0) is 30.4 Å². The minimum absolute atomic E-state index is 0.0335. The lowest BCUT2D eigenvalue weighted by Crippen LogP contribution is -2.46. The molecule has 0 aliphatic carbocycles. The number of piperidine rings is 1. The highest BCUT2D eigenvalue weighted by atomic mass is 32.2. The van der Waals surface area contributed by atoms with E-state index < -0.39 is 10.2 Å². The van der Waals surface area contributed by atoms with Crippen molar-refractivity contribution in [3.63, 3.8) is 0 Å². The van der Waals surface area contributed by atoms with Crippen LogP contribution in [-0.2, 0) is 21.4 Å². The zero-order valence-electron chi connectivity index (χ0n) is 15.1. The van der Waals surface area contributed by atoms with Gasteiger partial charge in [0, 0.05) is 19.0 Å². The van der Waals surface area contributed by atoms with Crippen LogP contribution in [0.5, 0.6) is 0 Å². The van der Waals surface area contributed by atoms with Crippen LogP contribution in [0.15, 0.2) is 60.7 Å². The second-order valence-electron chi connectivity index (χ2n) is 6.88. The van der Waals surface area contributed by atoms with E-state index in [0.29, 0.717) is 19.3 Å². The smallest absolute Gasteiger partial charge is 0.276 e. The highest BCUT2D eigenvalue weighted by molar-refractivity contribution is 7.86. The Kier molecular flexibility index (Phi) is 6.26. The van der Waals surface area contributed by atoms with Gasteiger partial charge >= 0.3 is 0 Å². The first kappa shape index (κ1) is 19.5. The molecule has 1 unspecified atom stereocenters. The van der Waals surface area contributed by atoms with Crippen molar-refractivity contribution < 1.29 is 13.2 Å². The van der Waals surface area contributed by atoms with Gasteiger partial charge in [-0.2, -0.15) is 12.7 Å². The third kappa shape index (κ3) is 5.38. The summed E-state index contributed by atoms with van der Waals surface area (Å²) in [4.78, 5) is 12.8. The van der Waals surface area contributed by atoms with Crippen LogP contribution in [0.25, 0.3) is 0 Å². The van der Waals surface area contributed by atoms with Crippen molar-refractivity contribution in [2.75, 3.05) is 13.1 Å². The minimum atomic E-state index is -3.68. The van der Waals surface area contributed by atoms with Crippen LogP contribution < -0.4 is 10.5 Å². The van der Waals surface area contributed by atoms with Gasteiger partial charge in [-0.1, -0.05) is 60.7 Å². The van der Waals surface area contributed by atoms with Gasteiger partial charge in [0.1, 0.15) is 0 Å². The Balaban J connectivity index is 1.68. The van der Waals surface area contributed by atoms with Gasteiger partial charge in [-0.25, -0.2) is 5.14 Å². The number of amides is 1. The minimum Gasteiger partial charge on any atom is -0.349 e. The Morgan fingerprint density at radius 3 is 2.15 bits per heavy atom. The average Bonchev–Trinajstić information content (AvgIpc) is 2.68. The Hall–Kier alpha value is -2.22. The molecule has 2 aromatic rings. The van der Waals surface area contributed by atoms with E-state index in [1.54, 1.807) is 0 Å². The van der Waals surface area contributed by atoms with Gasteiger partial charge in [0.25, 0.3) is 10.2 Å². The summed E-state index contributed by atoms with van der Waals surface area (Å²) in [6, 6.07) is 19.8. The standard InChI is InChI=1S/C20H25N3O3S/c21-27(25,26)23-13-11-18(12-14-23)20(24)22-19(17-9-5-2-6-10-17)15-16-7-3-1-4-8-16/h1-10,18-19H,11-15H2,(H,22,24)(H2,21,25,26). The van der Waals surface area contributed by atoms with Crippen LogP contribution in [0.3, 0.4) is 0 Å². The Morgan fingerprint density at radius 1 is 1.04 bits per heavy atom. The third-order valence-corrected chi connectivity index (χ3v) is 6.07. The summed E-state index contributed by atoms with van der Waals surface area (Å²) in [6.45, 7) is 0.567. The van der Waals surface area contributed by atoms with Crippen LogP contribution in [0.2, 0.25) is 0 Å². The van der Waals surface area contributed by atoms with Crippen LogP contribution in [-0.4, -0.2) is 31.7 Å². The fourth-order valence-corrected chi connectivity index (χ4v) is 4.17. The molecule has 1 aliphatic heterocycles. The molecule has 144 valence electrons. The topological polar surface area (TPSA) is 92.5 Å². The molecule has 1 aliphatic rings. The molecule has 1 heterocycles. The van der Waals surface area contributed by atoms with Crippen molar-refractivity contribution in [3.05, 3.63) is 71.8 Å². The fraction of sp³-hybridized carbons (Fsp3) is 0.350. The molecular weight excluding hydrogens is 362 g/mol. The zero-order chi connectivity index (χ0) is 19.3. The SMILES string of the molecule is NS(=O)(=O)N1CCC(C(=O)NC(Cc2ccccc2)c2ccccc2)CC1. The number of rotatable bonds is 6. The monoisotopic (exact) mass is 387 g/mol. The maximum absolute atomic E-state index is 12.8. The predicted molar refractivity (Wildman–Crippen MR) is 105 cm³/mol. The molecule has 7 heteroatoms. The van der Waals surface area contributed by atoms with Gasteiger partial charge in [-0.15, -0.1) is 0 Å². The van der Waals surface area contributed by atoms with E-state index in [1.165, 1.54) is 4.31 Å². The van der Waals surface area contributed by atoms with Crippen molar-refractivity contribution in [1.29, 1.82) is 0 Å². The molecule has 1 saturated heterocycles. The van der Waals surface area contributed by atoms with Crippen molar-refractivity contribution in [2.24, 2.45) is 11.1 Å². The number of hydrogen-bond donors (Lipinski definition) is 2. The quantitative estimate of drug-likeness (QED) is 0.794. The second kappa shape index (κ2) is 8.65. The van der Waals surface area contributed by atoms with Crippen LogP contribution >= 0.6 is 0 Å². The van der Waals surface area contributed by atoms with Gasteiger partial charge < -0.3 is 5.32 Å². The lowest BCUT2D eigenvalue weighted by atomic mass is 9.94. The fourth-order valence-electron chi connectivity index (χ4n) is 3.45. The Bertz CT molecular complexity index is 849. The molecule has 3 N–H and O–H groups in total. The number of nitrogens with one attached hydrogen (secondary N) is 1. The summed E-state index contributed by atoms with van der Waals surface area (Å²) in [6.07, 6.45) is 1.66. The first-order chi connectivity index (χ1) is 12.9. The summed E-state index contributed by atoms with van der Waals surface area (Å²) in [5, 5.41) is 8.34. The molecule has 1 fully saturated rings. The van der Waals surface area contributed by atoms with Gasteiger partial charge in [0.05, 0.1) is 6.04 Å². The van der Waals surface area contributed by atoms with E-state index in [1.807, 2.05) is 60.7 Å². The molecule has 0 bridgehead atoms. The Morgan fingerprint density at radius 2 is 1.59 bits per heavy atom. The summed E-state index contributed by atoms with van der Waals surface area (Å²) < 4.78 is 24.1. The van der Waals surface area contributed by atoms with E-state index in [9.17, 15) is 13.2 Å². The summed E-state index contributed by atoms with van der Waals surface area (Å²) in [5.41, 5.74) is 2.20. The average molecular weight is 388 g/mol. The van der Waals surface area contributed by atoms with Crippen molar-refractivity contribution in [2.45, 2.75) is 25.3 Å². The lowest BCUT2D eigenvalue weighted by Gasteiger charge is -2.30. The molecule has 27 heavy (non-hydrogen) atoms. The molecule has 0 aromatic heterocycles. The number of nitrogens with zero attached hydrogens (tertiary/aromatic N) is 1. The largest absolute Gasteiger partial charge is 0.349 e. The van der Waals surface area contributed by atoms with E-state index in [-0.39, 0.29) is 31.0 Å². The zero-order valence-corrected chi connectivity index (χ0v) is 15.9. The van der Waals surface area contributed by atoms with Crippen molar-refractivity contribution in [1.82, 2.24) is 9.62 Å². The third-order valence-electron chi connectivity index (χ3n) is 4.99. The molecule has 0 saturated carbocycles. The van der Waals surface area contributed by atoms with Crippen molar-refractivity contribution in [3.8, 4) is 0 Å². The molecule has 0 spiro atoms. The first-order valence-electron chi connectivity index (χ1n) is 9.10. The molecule has 3 rings (SSSR count). The molecule has 6 nitrogen and oxygen atoms in total. The maximum Gasteiger partial charge on any atom is 0.276 e. The predicted octanol–water partition coefficient (Wildman–Crippen LogP) is 2.00. The van der Waals surface area contributed by atoms with Crippen LogP contribution in [0.4, 0.5) is 0 Å². The van der Waals surface area contributed by atoms with Gasteiger partial charge in [0.15, 0.2) is 0 Å². The number of nitrogens with two attached hydrogens (primary N) is 1. The normalized spacial score (nSPS) is 17.4. The number of carbonyl (C=O) groups excluding carboxylic acids is 1. The van der Waals surface area contributed by atoms with Crippen LogP contribution in [0, 0.1) is 5.92 Å². The van der Waals surface area contributed by atoms with Crippen LogP contribution in [0.1, 0.15) is 30.0 Å². The summed E-state index contributed by atoms with van der Waals surface area (Å²) in [5.74, 6) is -0.237. The van der Waals surface area contributed by atoms with E-state index in [2.05, 4.69) is 5.32 Å². The molecule has 1 atom stereocenters. The summed E-state index contributed by atoms with van der Waals surface area (Å²) in [7, 11) is -3.68. The molecule has 0 radical (unpaired) electrons. The van der Waals surface area contributed by atoms with E-state index >= 15 is 0 Å². The van der Waals surface area contributed by atoms with Gasteiger partial charge in [0.2, 0.25) is 5.91 Å². The Labute approximate surface area is 160 Å². The number of benzene rings is 2. The van der Waals surface area contributed by atoms with Crippen molar-refractivity contribution >= 4 is 16.1 Å². The highest BCUT2D eigenvalue weighted by Crippen LogP contribution is 2.23. The van der Waals surface area contributed by atoms with E-state index in [4.69, 9.17) is 5.14 Å². The maximum atomic E-state index is 12.8. The number of carbonyl (C=O) groups is 1. The number of hydrogen-bond acceptors (Lipinski definition) is 3. The molecular formula is C20H25N3O3S. The van der Waals surface area contributed by atoms with Gasteiger partial charge in [-0.3, -0.25) is 4.79 Å². The molecule has 2 aromatic carbocycles. The van der Waals surface area contributed by atoms with E-state index in [0.717, 1.165) is 11.1 Å². The summed E-state index contributed by atoms with van der Waals surface area (Å²) >= 11 is 0. The highest BCUT2D eigenvalue weighted by Gasteiger charge is 2.30. The first-order valence-corrected chi connectivity index (χ1v) is 10.6. The molecule has 1 amide bonds. The lowest BCUT2D eigenvalue weighted by molar-refractivity contribution is -0.126.